The smallest absolute Gasteiger partial charge is 0.251 e. The first-order chi connectivity index (χ1) is 12.6. The van der Waals surface area contributed by atoms with Gasteiger partial charge in [-0.25, -0.2) is 8.42 Å². The lowest BCUT2D eigenvalue weighted by atomic mass is 10.1. The van der Waals surface area contributed by atoms with E-state index in [2.05, 4.69) is 5.32 Å². The van der Waals surface area contributed by atoms with Crippen LogP contribution in [0, 0.1) is 12.8 Å². The number of anilines is 1. The highest BCUT2D eigenvalue weighted by Crippen LogP contribution is 2.21. The Morgan fingerprint density at radius 2 is 1.56 bits per heavy atom. The van der Waals surface area contributed by atoms with Crippen LogP contribution in [-0.4, -0.2) is 26.6 Å². The number of sulfonamides is 1. The monoisotopic (exact) mass is 388 g/mol. The predicted molar refractivity (Wildman–Crippen MR) is 110 cm³/mol. The van der Waals surface area contributed by atoms with Gasteiger partial charge in [0.1, 0.15) is 0 Å². The Balaban J connectivity index is 2.22. The molecule has 0 saturated carbocycles. The van der Waals surface area contributed by atoms with Crippen molar-refractivity contribution in [1.82, 2.24) is 5.32 Å². The number of nitrogens with zero attached hydrogens (tertiary/aromatic N) is 1. The number of amides is 1. The Kier molecular flexibility index (Phi) is 6.65. The van der Waals surface area contributed by atoms with E-state index in [1.807, 2.05) is 52.0 Å². The zero-order valence-electron chi connectivity index (χ0n) is 16.6. The molecule has 1 N–H and O–H groups in total. The third-order valence-corrected chi connectivity index (χ3v) is 5.76. The summed E-state index contributed by atoms with van der Waals surface area (Å²) in [5, 5.41) is 2.95. The van der Waals surface area contributed by atoms with Gasteiger partial charge < -0.3 is 5.32 Å². The van der Waals surface area contributed by atoms with Crippen LogP contribution in [0.3, 0.4) is 0 Å². The molecule has 0 heterocycles. The largest absolute Gasteiger partial charge is 0.349 e. The lowest BCUT2D eigenvalue weighted by Crippen LogP contribution is -2.36. The highest BCUT2D eigenvalue weighted by molar-refractivity contribution is 7.92. The highest BCUT2D eigenvalue weighted by atomic mass is 32.2. The molecule has 27 heavy (non-hydrogen) atoms. The molecule has 2 rings (SSSR count). The second-order valence-electron chi connectivity index (χ2n) is 7.31. The lowest BCUT2D eigenvalue weighted by molar-refractivity contribution is 0.0930. The lowest BCUT2D eigenvalue weighted by Gasteiger charge is -2.23. The van der Waals surface area contributed by atoms with Gasteiger partial charge in [-0.2, -0.15) is 0 Å². The van der Waals surface area contributed by atoms with E-state index in [-0.39, 0.29) is 18.5 Å². The van der Waals surface area contributed by atoms with Crippen molar-refractivity contribution in [3.63, 3.8) is 0 Å². The van der Waals surface area contributed by atoms with Crippen LogP contribution in [0.4, 0.5) is 5.69 Å². The maximum Gasteiger partial charge on any atom is 0.251 e. The fraction of sp³-hybridized carbons (Fsp3) is 0.381. The van der Waals surface area contributed by atoms with Crippen LogP contribution >= 0.6 is 0 Å². The van der Waals surface area contributed by atoms with Crippen LogP contribution < -0.4 is 9.62 Å². The molecule has 0 unspecified atom stereocenters. The molecule has 6 heteroatoms. The molecule has 5 nitrogen and oxygen atoms in total. The Morgan fingerprint density at radius 3 is 2.04 bits per heavy atom. The van der Waals surface area contributed by atoms with Crippen molar-refractivity contribution in [2.24, 2.45) is 5.92 Å². The molecular formula is C21H28N2O3S. The predicted octanol–water partition coefficient (Wildman–Crippen LogP) is 3.74. The summed E-state index contributed by atoms with van der Waals surface area (Å²) in [5.74, 6) is 0.177. The van der Waals surface area contributed by atoms with E-state index in [1.54, 1.807) is 24.3 Å². The average molecular weight is 389 g/mol. The van der Waals surface area contributed by atoms with E-state index < -0.39 is 10.0 Å². The van der Waals surface area contributed by atoms with E-state index in [1.165, 1.54) is 10.6 Å². The van der Waals surface area contributed by atoms with Gasteiger partial charge >= 0.3 is 0 Å². The molecule has 0 fully saturated rings. The summed E-state index contributed by atoms with van der Waals surface area (Å²) in [6.07, 6.45) is 1.19. The van der Waals surface area contributed by atoms with Gasteiger partial charge in [0.25, 0.3) is 5.91 Å². The minimum absolute atomic E-state index is 0.0613. The molecule has 0 aliphatic heterocycles. The SMILES string of the molecule is Cc1ccc(CN(c2ccc(C(=O)N[C@@H](C)C(C)C)cc2)S(C)(=O)=O)cc1. The molecule has 0 aromatic heterocycles. The Morgan fingerprint density at radius 1 is 1.00 bits per heavy atom. The van der Waals surface area contributed by atoms with E-state index in [4.69, 9.17) is 0 Å². The molecule has 2 aromatic carbocycles. The summed E-state index contributed by atoms with van der Waals surface area (Å²) in [5.41, 5.74) is 3.07. The minimum Gasteiger partial charge on any atom is -0.349 e. The van der Waals surface area contributed by atoms with Crippen molar-refractivity contribution < 1.29 is 13.2 Å². The third-order valence-electron chi connectivity index (χ3n) is 4.62. The van der Waals surface area contributed by atoms with E-state index in [0.717, 1.165) is 11.1 Å². The maximum atomic E-state index is 12.3. The van der Waals surface area contributed by atoms with Crippen molar-refractivity contribution in [3.8, 4) is 0 Å². The molecule has 0 aliphatic rings. The summed E-state index contributed by atoms with van der Waals surface area (Å²) in [6.45, 7) is 8.28. The summed E-state index contributed by atoms with van der Waals surface area (Å²) in [4.78, 5) is 12.3. The van der Waals surface area contributed by atoms with E-state index in [0.29, 0.717) is 17.2 Å². The Hall–Kier alpha value is -2.34. The second-order valence-corrected chi connectivity index (χ2v) is 9.22. The average Bonchev–Trinajstić information content (AvgIpc) is 2.60. The number of carbonyl (C=O) groups excluding carboxylic acids is 1. The second kappa shape index (κ2) is 8.57. The Labute approximate surface area is 162 Å². The molecule has 146 valence electrons. The molecule has 2 aromatic rings. The molecule has 0 aliphatic carbocycles. The van der Waals surface area contributed by atoms with Crippen LogP contribution in [0.25, 0.3) is 0 Å². The fourth-order valence-corrected chi connectivity index (χ4v) is 3.38. The standard InChI is InChI=1S/C21H28N2O3S/c1-15(2)17(4)22-21(24)19-10-12-20(13-11-19)23(27(5,25)26)14-18-8-6-16(3)7-9-18/h6-13,15,17H,14H2,1-5H3,(H,22,24)/t17-/m0/s1. The number of nitrogens with one attached hydrogen (secondary N) is 1. The van der Waals surface area contributed by atoms with Crippen molar-refractivity contribution in [2.45, 2.75) is 40.3 Å². The Bertz CT molecular complexity index is 873. The van der Waals surface area contributed by atoms with Gasteiger partial charge in [0.15, 0.2) is 0 Å². The zero-order chi connectivity index (χ0) is 20.2. The first kappa shape index (κ1) is 21.0. The maximum absolute atomic E-state index is 12.3. The van der Waals surface area contributed by atoms with Gasteiger partial charge in [0.2, 0.25) is 10.0 Å². The van der Waals surface area contributed by atoms with Crippen molar-refractivity contribution in [3.05, 3.63) is 65.2 Å². The minimum atomic E-state index is -3.46. The summed E-state index contributed by atoms with van der Waals surface area (Å²) < 4.78 is 25.9. The van der Waals surface area contributed by atoms with Crippen LogP contribution in [0.5, 0.6) is 0 Å². The number of rotatable bonds is 7. The topological polar surface area (TPSA) is 66.5 Å². The van der Waals surface area contributed by atoms with Gasteiger partial charge in [-0.3, -0.25) is 9.10 Å². The summed E-state index contributed by atoms with van der Waals surface area (Å²) in [7, 11) is -3.46. The van der Waals surface area contributed by atoms with Crippen molar-refractivity contribution in [1.29, 1.82) is 0 Å². The van der Waals surface area contributed by atoms with Gasteiger partial charge in [-0.15, -0.1) is 0 Å². The zero-order valence-corrected chi connectivity index (χ0v) is 17.4. The van der Waals surface area contributed by atoms with Crippen LogP contribution in [0.2, 0.25) is 0 Å². The third kappa shape index (κ3) is 5.82. The van der Waals surface area contributed by atoms with E-state index in [9.17, 15) is 13.2 Å². The molecule has 0 bridgehead atoms. The van der Waals surface area contributed by atoms with Gasteiger partial charge in [0.05, 0.1) is 18.5 Å². The van der Waals surface area contributed by atoms with Crippen LogP contribution in [0.1, 0.15) is 42.3 Å². The molecule has 0 saturated heterocycles. The summed E-state index contributed by atoms with van der Waals surface area (Å²) >= 11 is 0. The van der Waals surface area contributed by atoms with Gasteiger partial charge in [0, 0.05) is 11.6 Å². The van der Waals surface area contributed by atoms with Gasteiger partial charge in [-0.05, 0) is 49.6 Å². The molecule has 0 radical (unpaired) electrons. The van der Waals surface area contributed by atoms with Crippen LogP contribution in [0.15, 0.2) is 48.5 Å². The molecule has 1 amide bonds. The van der Waals surface area contributed by atoms with E-state index >= 15 is 0 Å². The molecule has 1 atom stereocenters. The van der Waals surface area contributed by atoms with Crippen molar-refractivity contribution >= 4 is 21.6 Å². The molecule has 0 spiro atoms. The number of carbonyl (C=O) groups is 1. The number of hydrogen-bond acceptors (Lipinski definition) is 3. The van der Waals surface area contributed by atoms with Crippen molar-refractivity contribution in [2.75, 3.05) is 10.6 Å². The fourth-order valence-electron chi connectivity index (χ4n) is 2.50. The summed E-state index contributed by atoms with van der Waals surface area (Å²) in [6, 6.07) is 14.5. The number of aryl methyl sites for hydroxylation is 1. The first-order valence-electron chi connectivity index (χ1n) is 9.02. The number of benzene rings is 2. The molecular weight excluding hydrogens is 360 g/mol. The number of hydrogen-bond donors (Lipinski definition) is 1. The first-order valence-corrected chi connectivity index (χ1v) is 10.9. The van der Waals surface area contributed by atoms with Gasteiger partial charge in [-0.1, -0.05) is 43.7 Å². The highest BCUT2D eigenvalue weighted by Gasteiger charge is 2.19. The quantitative estimate of drug-likeness (QED) is 0.786. The normalized spacial score (nSPS) is 12.7. The van der Waals surface area contributed by atoms with Crippen LogP contribution in [-0.2, 0) is 16.6 Å².